The summed E-state index contributed by atoms with van der Waals surface area (Å²) >= 11 is 1.44. The van der Waals surface area contributed by atoms with E-state index in [-0.39, 0.29) is 0 Å². The van der Waals surface area contributed by atoms with Gasteiger partial charge in [-0.3, -0.25) is 0 Å². The second-order valence-electron chi connectivity index (χ2n) is 3.63. The maximum Gasteiger partial charge on any atom is 0.151 e. The van der Waals surface area contributed by atoms with Crippen molar-refractivity contribution in [3.63, 3.8) is 0 Å². The van der Waals surface area contributed by atoms with Crippen molar-refractivity contribution in [3.05, 3.63) is 36.0 Å². The minimum atomic E-state index is 0.499. The van der Waals surface area contributed by atoms with Gasteiger partial charge in [-0.25, -0.2) is 9.97 Å². The van der Waals surface area contributed by atoms with Gasteiger partial charge in [0.05, 0.1) is 12.8 Å². The van der Waals surface area contributed by atoms with Crippen LogP contribution in [0.15, 0.2) is 34.2 Å². The van der Waals surface area contributed by atoms with Crippen molar-refractivity contribution in [2.75, 3.05) is 18.2 Å². The lowest BCUT2D eigenvalue weighted by Crippen LogP contribution is -2.19. The van der Waals surface area contributed by atoms with Crippen LogP contribution >= 0.6 is 11.8 Å². The van der Waals surface area contributed by atoms with Crippen molar-refractivity contribution >= 4 is 17.6 Å². The Hall–Kier alpha value is -2.00. The number of thioether (sulfide) groups is 1. The van der Waals surface area contributed by atoms with E-state index in [4.69, 9.17) is 4.42 Å². The molecule has 2 rings (SSSR count). The van der Waals surface area contributed by atoms with Crippen LogP contribution in [0.4, 0.5) is 5.82 Å². The zero-order valence-corrected chi connectivity index (χ0v) is 10.9. The number of furan rings is 1. The molecular weight excluding hydrogens is 248 g/mol. The van der Waals surface area contributed by atoms with Gasteiger partial charge in [0.1, 0.15) is 28.7 Å². The lowest BCUT2D eigenvalue weighted by Gasteiger charge is -2.18. The first-order valence-corrected chi connectivity index (χ1v) is 6.51. The van der Waals surface area contributed by atoms with Crippen LogP contribution in [0.1, 0.15) is 11.3 Å². The maximum atomic E-state index is 9.21. The van der Waals surface area contributed by atoms with Crippen molar-refractivity contribution in [3.8, 4) is 6.07 Å². The van der Waals surface area contributed by atoms with Crippen molar-refractivity contribution in [2.45, 2.75) is 11.6 Å². The summed E-state index contributed by atoms with van der Waals surface area (Å²) in [5, 5.41) is 9.90. The average molecular weight is 260 g/mol. The SMILES string of the molecule is CSc1ncnc(N(C)Cc2ccco2)c1C#N. The summed E-state index contributed by atoms with van der Waals surface area (Å²) in [7, 11) is 1.87. The van der Waals surface area contributed by atoms with Crippen molar-refractivity contribution in [1.29, 1.82) is 5.26 Å². The van der Waals surface area contributed by atoms with E-state index in [2.05, 4.69) is 16.0 Å². The van der Waals surface area contributed by atoms with Gasteiger partial charge >= 0.3 is 0 Å². The first-order valence-electron chi connectivity index (χ1n) is 5.29. The smallest absolute Gasteiger partial charge is 0.151 e. The zero-order chi connectivity index (χ0) is 13.0. The molecule has 6 heteroatoms. The van der Waals surface area contributed by atoms with E-state index in [0.29, 0.717) is 23.0 Å². The fourth-order valence-corrected chi connectivity index (χ4v) is 2.11. The minimum Gasteiger partial charge on any atom is -0.467 e. The average Bonchev–Trinajstić information content (AvgIpc) is 2.90. The van der Waals surface area contributed by atoms with Crippen LogP contribution in [0.3, 0.4) is 0 Å². The molecule has 0 fully saturated rings. The Morgan fingerprint density at radius 1 is 1.50 bits per heavy atom. The van der Waals surface area contributed by atoms with Gasteiger partial charge in [0.2, 0.25) is 0 Å². The van der Waals surface area contributed by atoms with Crippen molar-refractivity contribution in [2.24, 2.45) is 0 Å². The van der Waals surface area contributed by atoms with Gasteiger partial charge in [-0.1, -0.05) is 0 Å². The number of hydrogen-bond donors (Lipinski definition) is 0. The molecule has 0 bridgehead atoms. The topological polar surface area (TPSA) is 66.0 Å². The van der Waals surface area contributed by atoms with E-state index in [9.17, 15) is 5.26 Å². The normalized spacial score (nSPS) is 10.1. The van der Waals surface area contributed by atoms with Crippen LogP contribution in [0.5, 0.6) is 0 Å². The second kappa shape index (κ2) is 5.56. The molecule has 5 nitrogen and oxygen atoms in total. The van der Waals surface area contributed by atoms with E-state index in [1.165, 1.54) is 18.1 Å². The van der Waals surface area contributed by atoms with Crippen LogP contribution in [0.25, 0.3) is 0 Å². The standard InChI is InChI=1S/C12H12N4OS/c1-16(7-9-4-3-5-17-9)11-10(6-13)12(18-2)15-8-14-11/h3-5,8H,7H2,1-2H3. The first-order chi connectivity index (χ1) is 8.76. The van der Waals surface area contributed by atoms with Crippen LogP contribution in [0, 0.1) is 11.3 Å². The summed E-state index contributed by atoms with van der Waals surface area (Å²) in [5.41, 5.74) is 0.499. The Morgan fingerprint density at radius 3 is 2.94 bits per heavy atom. The molecule has 0 spiro atoms. The molecule has 0 aliphatic rings. The first kappa shape index (κ1) is 12.5. The van der Waals surface area contributed by atoms with Gasteiger partial charge < -0.3 is 9.32 Å². The Morgan fingerprint density at radius 2 is 2.33 bits per heavy atom. The molecule has 0 amide bonds. The Labute approximate surface area is 109 Å². The molecule has 0 N–H and O–H groups in total. The fraction of sp³-hybridized carbons (Fsp3) is 0.250. The molecule has 0 saturated heterocycles. The molecule has 0 unspecified atom stereocenters. The van der Waals surface area contributed by atoms with E-state index in [1.54, 1.807) is 6.26 Å². The van der Waals surface area contributed by atoms with Gasteiger partial charge in [0.15, 0.2) is 5.82 Å². The quantitative estimate of drug-likeness (QED) is 0.620. The number of anilines is 1. The Balaban J connectivity index is 2.30. The van der Waals surface area contributed by atoms with Gasteiger partial charge in [0.25, 0.3) is 0 Å². The molecule has 0 saturated carbocycles. The van der Waals surface area contributed by atoms with Crippen LogP contribution < -0.4 is 4.90 Å². The molecule has 2 aromatic heterocycles. The third kappa shape index (κ3) is 2.46. The molecule has 92 valence electrons. The van der Waals surface area contributed by atoms with Gasteiger partial charge in [-0.05, 0) is 18.4 Å². The third-order valence-corrected chi connectivity index (χ3v) is 3.13. The molecule has 2 aromatic rings. The van der Waals surface area contributed by atoms with Gasteiger partial charge in [0, 0.05) is 7.05 Å². The summed E-state index contributed by atoms with van der Waals surface area (Å²) < 4.78 is 5.28. The highest BCUT2D eigenvalue weighted by molar-refractivity contribution is 7.98. The predicted octanol–water partition coefficient (Wildman–Crippen LogP) is 2.30. The summed E-state index contributed by atoms with van der Waals surface area (Å²) in [6.07, 6.45) is 4.99. The highest BCUT2D eigenvalue weighted by Crippen LogP contribution is 2.24. The van der Waals surface area contributed by atoms with Crippen molar-refractivity contribution in [1.82, 2.24) is 9.97 Å². The molecule has 0 aromatic carbocycles. The summed E-state index contributed by atoms with van der Waals surface area (Å²) in [5.74, 6) is 1.44. The number of aromatic nitrogens is 2. The second-order valence-corrected chi connectivity index (χ2v) is 4.42. The lowest BCUT2D eigenvalue weighted by atomic mass is 10.3. The molecule has 0 atom stereocenters. The van der Waals surface area contributed by atoms with E-state index < -0.39 is 0 Å². The predicted molar refractivity (Wildman–Crippen MR) is 69.3 cm³/mol. The van der Waals surface area contributed by atoms with E-state index in [0.717, 1.165) is 5.76 Å². The highest BCUT2D eigenvalue weighted by atomic mass is 32.2. The van der Waals surface area contributed by atoms with E-state index >= 15 is 0 Å². The molecular formula is C12H12N4OS. The summed E-state index contributed by atoms with van der Waals surface area (Å²) in [6, 6.07) is 5.88. The molecule has 2 heterocycles. The van der Waals surface area contributed by atoms with Crippen LogP contribution in [-0.4, -0.2) is 23.3 Å². The largest absolute Gasteiger partial charge is 0.467 e. The molecule has 18 heavy (non-hydrogen) atoms. The van der Waals surface area contributed by atoms with Crippen molar-refractivity contribution < 1.29 is 4.42 Å². The third-order valence-electron chi connectivity index (χ3n) is 2.43. The number of rotatable bonds is 4. The molecule has 0 aliphatic heterocycles. The number of hydrogen-bond acceptors (Lipinski definition) is 6. The number of nitrogens with zero attached hydrogens (tertiary/aromatic N) is 4. The van der Waals surface area contributed by atoms with Gasteiger partial charge in [-0.2, -0.15) is 5.26 Å². The number of nitriles is 1. The monoisotopic (exact) mass is 260 g/mol. The lowest BCUT2D eigenvalue weighted by molar-refractivity contribution is 0.506. The maximum absolute atomic E-state index is 9.21. The zero-order valence-electron chi connectivity index (χ0n) is 10.1. The Bertz CT molecular complexity index is 562. The van der Waals surface area contributed by atoms with E-state index in [1.807, 2.05) is 30.3 Å². The molecule has 0 aliphatic carbocycles. The van der Waals surface area contributed by atoms with Crippen LogP contribution in [0.2, 0.25) is 0 Å². The summed E-state index contributed by atoms with van der Waals surface area (Å²) in [4.78, 5) is 10.1. The van der Waals surface area contributed by atoms with Gasteiger partial charge in [-0.15, -0.1) is 11.8 Å². The van der Waals surface area contributed by atoms with Crippen LogP contribution in [-0.2, 0) is 6.54 Å². The minimum absolute atomic E-state index is 0.499. The Kier molecular flexibility index (Phi) is 3.85. The summed E-state index contributed by atoms with van der Waals surface area (Å²) in [6.45, 7) is 0.562. The fourth-order valence-electron chi connectivity index (χ4n) is 1.61. The highest BCUT2D eigenvalue weighted by Gasteiger charge is 2.15. The molecule has 0 radical (unpaired) electrons.